The molecule has 0 amide bonds. The van der Waals surface area contributed by atoms with Crippen LogP contribution >= 0.6 is 0 Å². The summed E-state index contributed by atoms with van der Waals surface area (Å²) in [6.07, 6.45) is 3.09. The van der Waals surface area contributed by atoms with E-state index in [1.807, 2.05) is 0 Å². The van der Waals surface area contributed by atoms with Crippen LogP contribution in [0.4, 0.5) is 0 Å². The first-order chi connectivity index (χ1) is 4.43. The van der Waals surface area contributed by atoms with Crippen LogP contribution < -0.4 is 5.26 Å². The molecule has 0 bridgehead atoms. The average Bonchev–Trinajstić information content (AvgIpc) is 1.76. The summed E-state index contributed by atoms with van der Waals surface area (Å²) in [4.78, 5) is 4.47. The maximum Gasteiger partial charge on any atom is 0.0962 e. The Labute approximate surface area is 51.8 Å². The number of rotatable bonds is 4. The molecule has 1 aliphatic carbocycles. The molecule has 1 fully saturated rings. The zero-order chi connectivity index (χ0) is 6.53. The van der Waals surface area contributed by atoms with Crippen molar-refractivity contribution < 1.29 is 25.3 Å². The summed E-state index contributed by atoms with van der Waals surface area (Å²) in [5.41, 5.74) is 0. The molecule has 1 rings (SSSR count). The van der Waals surface area contributed by atoms with Crippen molar-refractivity contribution in [2.75, 3.05) is 0 Å². The molecule has 0 spiro atoms. The standard InChI is InChI=1S/C4H8O5/c5-7-9-8-6-4-2-1-3-4/h4-5H,1-3H2/p-1. The van der Waals surface area contributed by atoms with E-state index in [0.717, 1.165) is 19.3 Å². The second kappa shape index (κ2) is 3.76. The van der Waals surface area contributed by atoms with Crippen LogP contribution in [-0.2, 0) is 20.0 Å². The van der Waals surface area contributed by atoms with Crippen molar-refractivity contribution in [1.82, 2.24) is 0 Å². The predicted molar refractivity (Wildman–Crippen MR) is 22.0 cm³/mol. The van der Waals surface area contributed by atoms with Gasteiger partial charge in [-0.15, -0.1) is 0 Å². The number of hydrogen-bond acceptors (Lipinski definition) is 5. The topological polar surface area (TPSA) is 60.0 Å². The summed E-state index contributed by atoms with van der Waals surface area (Å²) in [5.74, 6) is 0. The fourth-order valence-electron chi connectivity index (χ4n) is 0.550. The van der Waals surface area contributed by atoms with Crippen LogP contribution in [0.15, 0.2) is 0 Å². The average molecular weight is 135 g/mol. The second-order valence-electron chi connectivity index (χ2n) is 1.85. The Hall–Kier alpha value is -0.200. The Kier molecular flexibility index (Phi) is 2.88. The van der Waals surface area contributed by atoms with E-state index in [9.17, 15) is 0 Å². The molecule has 0 unspecified atom stereocenters. The molecule has 9 heavy (non-hydrogen) atoms. The summed E-state index contributed by atoms with van der Waals surface area (Å²) >= 11 is 0. The Morgan fingerprint density at radius 2 is 2.00 bits per heavy atom. The van der Waals surface area contributed by atoms with E-state index in [0.29, 0.717) is 0 Å². The fraction of sp³-hybridized carbons (Fsp3) is 1.00. The van der Waals surface area contributed by atoms with Gasteiger partial charge in [-0.3, -0.25) is 5.04 Å². The van der Waals surface area contributed by atoms with Gasteiger partial charge in [0.2, 0.25) is 0 Å². The van der Waals surface area contributed by atoms with Gasteiger partial charge in [0.25, 0.3) is 0 Å². The quantitative estimate of drug-likeness (QED) is 0.299. The lowest BCUT2D eigenvalue weighted by Crippen LogP contribution is -2.22. The van der Waals surface area contributed by atoms with Crippen molar-refractivity contribution in [2.45, 2.75) is 25.4 Å². The summed E-state index contributed by atoms with van der Waals surface area (Å²) in [5, 5.41) is 19.3. The molecule has 0 radical (unpaired) electrons. The molecule has 0 heterocycles. The molecule has 5 nitrogen and oxygen atoms in total. The van der Waals surface area contributed by atoms with Gasteiger partial charge in [0.15, 0.2) is 0 Å². The van der Waals surface area contributed by atoms with Crippen molar-refractivity contribution in [3.05, 3.63) is 0 Å². The largest absolute Gasteiger partial charge is 0.689 e. The van der Waals surface area contributed by atoms with Crippen molar-refractivity contribution in [2.24, 2.45) is 0 Å². The van der Waals surface area contributed by atoms with E-state index in [1.54, 1.807) is 0 Å². The Morgan fingerprint density at radius 1 is 1.22 bits per heavy atom. The van der Waals surface area contributed by atoms with Gasteiger partial charge in [0, 0.05) is 0 Å². The van der Waals surface area contributed by atoms with E-state index < -0.39 is 0 Å². The van der Waals surface area contributed by atoms with E-state index in [4.69, 9.17) is 5.26 Å². The molecule has 0 aromatic rings. The minimum atomic E-state index is 0.0696. The Bertz CT molecular complexity index is 71.4. The van der Waals surface area contributed by atoms with Gasteiger partial charge in [0.05, 0.1) is 6.10 Å². The Morgan fingerprint density at radius 3 is 2.44 bits per heavy atom. The summed E-state index contributed by atoms with van der Waals surface area (Å²) in [6.45, 7) is 0. The summed E-state index contributed by atoms with van der Waals surface area (Å²) in [6, 6.07) is 0. The van der Waals surface area contributed by atoms with Gasteiger partial charge in [-0.1, -0.05) is 0 Å². The smallest absolute Gasteiger partial charge is 0.0962 e. The molecular weight excluding hydrogens is 128 g/mol. The van der Waals surface area contributed by atoms with Crippen LogP contribution in [0, 0.1) is 0 Å². The highest BCUT2D eigenvalue weighted by Gasteiger charge is 2.19. The van der Waals surface area contributed by atoms with Gasteiger partial charge in [-0.05, 0) is 29.3 Å². The summed E-state index contributed by atoms with van der Waals surface area (Å²) in [7, 11) is 0. The highest BCUT2D eigenvalue weighted by atomic mass is 17.8. The van der Waals surface area contributed by atoms with Gasteiger partial charge in [0.1, 0.15) is 0 Å². The zero-order valence-corrected chi connectivity index (χ0v) is 4.74. The number of hydrogen-bond donors (Lipinski definition) is 0. The lowest BCUT2D eigenvalue weighted by Gasteiger charge is -2.22. The van der Waals surface area contributed by atoms with Crippen molar-refractivity contribution in [1.29, 1.82) is 0 Å². The first-order valence-corrected chi connectivity index (χ1v) is 2.72. The molecule has 1 aliphatic rings. The van der Waals surface area contributed by atoms with Crippen molar-refractivity contribution >= 4 is 0 Å². The summed E-state index contributed by atoms with van der Waals surface area (Å²) < 4.78 is 0. The molecule has 1 saturated carbocycles. The van der Waals surface area contributed by atoms with Crippen molar-refractivity contribution in [3.8, 4) is 0 Å². The highest BCUT2D eigenvalue weighted by molar-refractivity contribution is 4.66. The van der Waals surface area contributed by atoms with Gasteiger partial charge in [-0.25, -0.2) is 4.89 Å². The maximum atomic E-state index is 9.09. The normalized spacial score (nSPS) is 19.7. The SMILES string of the molecule is [O-]OOOOC1CCC1. The van der Waals surface area contributed by atoms with E-state index >= 15 is 0 Å². The molecule has 0 N–H and O–H groups in total. The fourth-order valence-corrected chi connectivity index (χ4v) is 0.550. The van der Waals surface area contributed by atoms with Crippen LogP contribution in [0.1, 0.15) is 19.3 Å². The minimum absolute atomic E-state index is 0.0696. The van der Waals surface area contributed by atoms with Crippen LogP contribution in [0.25, 0.3) is 0 Å². The highest BCUT2D eigenvalue weighted by Crippen LogP contribution is 2.21. The molecule has 0 atom stereocenters. The lowest BCUT2D eigenvalue weighted by atomic mass is 9.97. The van der Waals surface area contributed by atoms with Gasteiger partial charge < -0.3 is 5.26 Å². The first-order valence-electron chi connectivity index (χ1n) is 2.72. The molecule has 0 aliphatic heterocycles. The monoisotopic (exact) mass is 135 g/mol. The van der Waals surface area contributed by atoms with Crippen molar-refractivity contribution in [3.63, 3.8) is 0 Å². The van der Waals surface area contributed by atoms with Crippen LogP contribution in [-0.4, -0.2) is 6.10 Å². The van der Waals surface area contributed by atoms with Gasteiger partial charge >= 0.3 is 0 Å². The third-order valence-electron chi connectivity index (χ3n) is 1.28. The molecule has 5 heteroatoms. The molecule has 0 aromatic heterocycles. The van der Waals surface area contributed by atoms with Crippen LogP contribution in [0.5, 0.6) is 0 Å². The molecular formula is C4H7O5-. The lowest BCUT2D eigenvalue weighted by molar-refractivity contribution is -0.876. The zero-order valence-electron chi connectivity index (χ0n) is 4.74. The molecule has 54 valence electrons. The second-order valence-corrected chi connectivity index (χ2v) is 1.85. The minimum Gasteiger partial charge on any atom is -0.689 e. The molecule has 0 aromatic carbocycles. The van der Waals surface area contributed by atoms with E-state index in [1.165, 1.54) is 0 Å². The Balaban J connectivity index is 1.80. The predicted octanol–water partition coefficient (Wildman–Crippen LogP) is -0.374. The van der Waals surface area contributed by atoms with Crippen LogP contribution in [0.2, 0.25) is 0 Å². The third-order valence-corrected chi connectivity index (χ3v) is 1.28. The van der Waals surface area contributed by atoms with E-state index in [-0.39, 0.29) is 6.10 Å². The molecule has 0 saturated heterocycles. The van der Waals surface area contributed by atoms with E-state index in [2.05, 4.69) is 20.0 Å². The van der Waals surface area contributed by atoms with Crippen LogP contribution in [0.3, 0.4) is 0 Å². The first kappa shape index (κ1) is 6.91. The van der Waals surface area contributed by atoms with Gasteiger partial charge in [-0.2, -0.15) is 0 Å². The third kappa shape index (κ3) is 2.25. The maximum absolute atomic E-state index is 9.09.